The smallest absolute Gasteiger partial charge is 0.133 e. The highest BCUT2D eigenvalue weighted by Gasteiger charge is 2.18. The minimum absolute atomic E-state index is 0.494. The van der Waals surface area contributed by atoms with Gasteiger partial charge in [0.25, 0.3) is 0 Å². The van der Waals surface area contributed by atoms with Gasteiger partial charge in [-0.1, -0.05) is 25.6 Å². The number of halogens is 1. The van der Waals surface area contributed by atoms with Gasteiger partial charge in [-0.2, -0.15) is 0 Å². The Morgan fingerprint density at radius 1 is 1.29 bits per heavy atom. The highest BCUT2D eigenvalue weighted by atomic mass is 79.9. The van der Waals surface area contributed by atoms with Gasteiger partial charge in [0.1, 0.15) is 12.4 Å². The molecule has 0 spiro atoms. The van der Waals surface area contributed by atoms with Gasteiger partial charge in [0.15, 0.2) is 0 Å². The standard InChI is InChI=1S/C20H23BrN2O/c1-15-7-9-23(10-8-15)16(2)18-11-17(12-22-13-18)14-24-20-6-4-3-5-19(20)21/h3-6,11-13,15H,2,7-10,14H2,1H3. The molecule has 1 fully saturated rings. The molecule has 1 saturated heterocycles. The van der Waals surface area contributed by atoms with Gasteiger partial charge in [-0.25, -0.2) is 0 Å². The van der Waals surface area contributed by atoms with Gasteiger partial charge in [0.2, 0.25) is 0 Å². The number of piperidine rings is 1. The number of rotatable bonds is 5. The number of likely N-dealkylation sites (tertiary alicyclic amines) is 1. The summed E-state index contributed by atoms with van der Waals surface area (Å²) in [6.07, 6.45) is 6.21. The van der Waals surface area contributed by atoms with Gasteiger partial charge in [-0.3, -0.25) is 4.98 Å². The zero-order valence-electron chi connectivity index (χ0n) is 14.0. The highest BCUT2D eigenvalue weighted by Crippen LogP contribution is 2.26. The molecular formula is C20H23BrN2O. The summed E-state index contributed by atoms with van der Waals surface area (Å²) in [4.78, 5) is 6.74. The Balaban J connectivity index is 1.65. The molecule has 0 bridgehead atoms. The summed E-state index contributed by atoms with van der Waals surface area (Å²) in [5.74, 6) is 1.66. The quantitative estimate of drug-likeness (QED) is 0.712. The van der Waals surface area contributed by atoms with Crippen molar-refractivity contribution in [2.75, 3.05) is 13.1 Å². The van der Waals surface area contributed by atoms with Crippen LogP contribution in [-0.4, -0.2) is 23.0 Å². The van der Waals surface area contributed by atoms with E-state index in [0.29, 0.717) is 6.61 Å². The Kier molecular flexibility index (Phi) is 5.56. The fourth-order valence-electron chi connectivity index (χ4n) is 2.91. The molecule has 0 amide bonds. The second kappa shape index (κ2) is 7.84. The van der Waals surface area contributed by atoms with E-state index in [0.717, 1.165) is 46.1 Å². The van der Waals surface area contributed by atoms with Crippen LogP contribution in [-0.2, 0) is 6.61 Å². The van der Waals surface area contributed by atoms with Gasteiger partial charge >= 0.3 is 0 Å². The van der Waals surface area contributed by atoms with Crippen LogP contribution in [0.2, 0.25) is 0 Å². The fraction of sp³-hybridized carbons (Fsp3) is 0.350. The molecule has 1 aliphatic heterocycles. The van der Waals surface area contributed by atoms with Crippen molar-refractivity contribution in [3.63, 3.8) is 0 Å². The van der Waals surface area contributed by atoms with Crippen molar-refractivity contribution in [3.05, 3.63) is 64.9 Å². The molecule has 2 aromatic rings. The van der Waals surface area contributed by atoms with E-state index in [-0.39, 0.29) is 0 Å². The molecule has 2 heterocycles. The van der Waals surface area contributed by atoms with Crippen molar-refractivity contribution in [1.82, 2.24) is 9.88 Å². The maximum Gasteiger partial charge on any atom is 0.133 e. The number of ether oxygens (including phenoxy) is 1. The van der Waals surface area contributed by atoms with Gasteiger partial charge in [0, 0.05) is 42.3 Å². The van der Waals surface area contributed by atoms with E-state index in [9.17, 15) is 0 Å². The summed E-state index contributed by atoms with van der Waals surface area (Å²) in [5.41, 5.74) is 3.20. The third-order valence-corrected chi connectivity index (χ3v) is 5.18. The number of benzene rings is 1. The van der Waals surface area contributed by atoms with E-state index in [1.807, 2.05) is 36.7 Å². The Bertz CT molecular complexity index is 708. The van der Waals surface area contributed by atoms with E-state index in [4.69, 9.17) is 4.74 Å². The van der Waals surface area contributed by atoms with E-state index < -0.39 is 0 Å². The van der Waals surface area contributed by atoms with Crippen LogP contribution in [0.25, 0.3) is 5.70 Å². The fourth-order valence-corrected chi connectivity index (χ4v) is 3.31. The monoisotopic (exact) mass is 386 g/mol. The maximum atomic E-state index is 5.89. The first-order valence-electron chi connectivity index (χ1n) is 8.39. The molecule has 24 heavy (non-hydrogen) atoms. The molecule has 0 N–H and O–H groups in total. The predicted molar refractivity (Wildman–Crippen MR) is 102 cm³/mol. The van der Waals surface area contributed by atoms with Crippen LogP contribution in [0.3, 0.4) is 0 Å². The third kappa shape index (κ3) is 4.18. The van der Waals surface area contributed by atoms with Crippen LogP contribution in [0.5, 0.6) is 5.75 Å². The molecule has 0 aliphatic carbocycles. The van der Waals surface area contributed by atoms with Crippen molar-refractivity contribution < 1.29 is 4.74 Å². The molecule has 0 unspecified atom stereocenters. The van der Waals surface area contributed by atoms with Crippen molar-refractivity contribution in [2.24, 2.45) is 5.92 Å². The average molecular weight is 387 g/mol. The Morgan fingerprint density at radius 3 is 2.79 bits per heavy atom. The summed E-state index contributed by atoms with van der Waals surface area (Å²) in [5, 5.41) is 0. The number of aromatic nitrogens is 1. The second-order valence-corrected chi connectivity index (χ2v) is 7.27. The molecular weight excluding hydrogens is 364 g/mol. The van der Waals surface area contributed by atoms with E-state index >= 15 is 0 Å². The Labute approximate surface area is 152 Å². The number of para-hydroxylation sites is 1. The van der Waals surface area contributed by atoms with Crippen molar-refractivity contribution >= 4 is 21.6 Å². The Hall–Kier alpha value is -1.81. The minimum atomic E-state index is 0.494. The zero-order chi connectivity index (χ0) is 16.9. The molecule has 1 aromatic carbocycles. The van der Waals surface area contributed by atoms with Crippen LogP contribution in [0, 0.1) is 5.92 Å². The topological polar surface area (TPSA) is 25.4 Å². The molecule has 3 rings (SSSR count). The number of hydrogen-bond donors (Lipinski definition) is 0. The molecule has 0 radical (unpaired) electrons. The predicted octanol–water partition coefficient (Wildman–Crippen LogP) is 5.13. The third-order valence-electron chi connectivity index (χ3n) is 4.52. The van der Waals surface area contributed by atoms with Gasteiger partial charge < -0.3 is 9.64 Å². The normalized spacial score (nSPS) is 15.3. The summed E-state index contributed by atoms with van der Waals surface area (Å²) < 4.78 is 6.85. The number of pyridine rings is 1. The summed E-state index contributed by atoms with van der Waals surface area (Å²) in [6, 6.07) is 10.00. The molecule has 1 aliphatic rings. The molecule has 1 aromatic heterocycles. The molecule has 0 saturated carbocycles. The molecule has 4 heteroatoms. The van der Waals surface area contributed by atoms with Crippen LogP contribution >= 0.6 is 15.9 Å². The lowest BCUT2D eigenvalue weighted by atomic mass is 9.98. The van der Waals surface area contributed by atoms with Crippen LogP contribution in [0.15, 0.2) is 53.8 Å². The molecule has 3 nitrogen and oxygen atoms in total. The first-order valence-corrected chi connectivity index (χ1v) is 9.18. The van der Waals surface area contributed by atoms with Gasteiger partial charge in [-0.15, -0.1) is 0 Å². The van der Waals surface area contributed by atoms with E-state index in [1.54, 1.807) is 0 Å². The lowest BCUT2D eigenvalue weighted by molar-refractivity contribution is 0.268. The second-order valence-electron chi connectivity index (χ2n) is 6.42. The van der Waals surface area contributed by atoms with Crippen molar-refractivity contribution in [1.29, 1.82) is 0 Å². The largest absolute Gasteiger partial charge is 0.488 e. The first kappa shape index (κ1) is 17.0. The Morgan fingerprint density at radius 2 is 2.04 bits per heavy atom. The van der Waals surface area contributed by atoms with Gasteiger partial charge in [-0.05, 0) is 52.9 Å². The maximum absolute atomic E-state index is 5.89. The van der Waals surface area contributed by atoms with Crippen LogP contribution in [0.1, 0.15) is 30.9 Å². The lowest BCUT2D eigenvalue weighted by Crippen LogP contribution is -2.31. The SMILES string of the molecule is C=C(c1cncc(COc2ccccc2Br)c1)N1CCC(C)CC1. The van der Waals surface area contributed by atoms with Crippen LogP contribution < -0.4 is 4.74 Å². The number of hydrogen-bond acceptors (Lipinski definition) is 3. The van der Waals surface area contributed by atoms with Gasteiger partial charge in [0.05, 0.1) is 4.47 Å². The van der Waals surface area contributed by atoms with E-state index in [2.05, 4.69) is 45.4 Å². The number of nitrogens with zero attached hydrogens (tertiary/aromatic N) is 2. The van der Waals surface area contributed by atoms with Crippen molar-refractivity contribution in [3.8, 4) is 5.75 Å². The summed E-state index contributed by atoms with van der Waals surface area (Å²) in [7, 11) is 0. The molecule has 126 valence electrons. The van der Waals surface area contributed by atoms with Crippen molar-refractivity contribution in [2.45, 2.75) is 26.4 Å². The summed E-state index contributed by atoms with van der Waals surface area (Å²) in [6.45, 7) is 9.26. The highest BCUT2D eigenvalue weighted by molar-refractivity contribution is 9.10. The zero-order valence-corrected chi connectivity index (χ0v) is 15.6. The summed E-state index contributed by atoms with van der Waals surface area (Å²) >= 11 is 3.50. The van der Waals surface area contributed by atoms with E-state index in [1.165, 1.54) is 12.8 Å². The molecule has 0 atom stereocenters. The first-order chi connectivity index (χ1) is 11.6. The lowest BCUT2D eigenvalue weighted by Gasteiger charge is -2.33. The average Bonchev–Trinajstić information content (AvgIpc) is 2.61. The minimum Gasteiger partial charge on any atom is -0.488 e. The van der Waals surface area contributed by atoms with Crippen LogP contribution in [0.4, 0.5) is 0 Å².